The van der Waals surface area contributed by atoms with Crippen LogP contribution < -0.4 is 5.73 Å². The van der Waals surface area contributed by atoms with Gasteiger partial charge in [0.25, 0.3) is 5.70 Å². The normalized spacial score (nSPS) is 9.33. The minimum atomic E-state index is -0.562. The Morgan fingerprint density at radius 2 is 2.33 bits per heavy atom. The van der Waals surface area contributed by atoms with Crippen molar-refractivity contribution in [1.29, 1.82) is 0 Å². The molecule has 5 heteroatoms. The van der Waals surface area contributed by atoms with E-state index in [0.29, 0.717) is 11.4 Å². The number of rotatable bonds is 2. The molecule has 12 heavy (non-hydrogen) atoms. The van der Waals surface area contributed by atoms with Crippen LogP contribution in [0, 0.1) is 10.1 Å². The molecule has 0 fully saturated rings. The zero-order chi connectivity index (χ0) is 9.14. The van der Waals surface area contributed by atoms with E-state index >= 15 is 0 Å². The van der Waals surface area contributed by atoms with Gasteiger partial charge >= 0.3 is 0 Å². The van der Waals surface area contributed by atoms with Crippen LogP contribution in [0.4, 0.5) is 5.82 Å². The number of aromatic nitrogens is 1. The maximum atomic E-state index is 10.2. The zero-order valence-corrected chi connectivity index (χ0v) is 6.23. The number of hydrogen-bond acceptors (Lipinski definition) is 4. The lowest BCUT2D eigenvalue weighted by molar-refractivity contribution is -0.375. The number of anilines is 1. The van der Waals surface area contributed by atoms with E-state index in [1.807, 2.05) is 0 Å². The fourth-order valence-corrected chi connectivity index (χ4v) is 0.681. The predicted octanol–water partition coefficient (Wildman–Crippen LogP) is 0.911. The Hall–Kier alpha value is -1.91. The van der Waals surface area contributed by atoms with Gasteiger partial charge in [-0.05, 0) is 18.7 Å². The third-order valence-electron chi connectivity index (χ3n) is 1.34. The maximum Gasteiger partial charge on any atom is 0.271 e. The first-order valence-corrected chi connectivity index (χ1v) is 3.16. The lowest BCUT2D eigenvalue weighted by Crippen LogP contribution is -1.97. The SMILES string of the molecule is C=C(c1ccc(N)nc1)[N+](=O)[O-]. The molecule has 0 atom stereocenters. The molecule has 62 valence electrons. The van der Waals surface area contributed by atoms with E-state index in [2.05, 4.69) is 11.6 Å². The number of nitro groups is 1. The smallest absolute Gasteiger partial charge is 0.271 e. The number of pyridine rings is 1. The molecule has 0 aliphatic carbocycles. The molecule has 0 aliphatic rings. The molecule has 0 saturated heterocycles. The molecule has 1 aromatic rings. The summed E-state index contributed by atoms with van der Waals surface area (Å²) >= 11 is 0. The van der Waals surface area contributed by atoms with Gasteiger partial charge in [-0.25, -0.2) is 4.98 Å². The summed E-state index contributed by atoms with van der Waals surface area (Å²) in [5.41, 5.74) is 5.48. The van der Waals surface area contributed by atoms with E-state index in [0.717, 1.165) is 0 Å². The van der Waals surface area contributed by atoms with Crippen LogP contribution in [0.25, 0.3) is 5.70 Å². The van der Waals surface area contributed by atoms with Gasteiger partial charge in [0.05, 0.1) is 10.5 Å². The van der Waals surface area contributed by atoms with Crippen LogP contribution in [0.1, 0.15) is 5.56 Å². The summed E-state index contributed by atoms with van der Waals surface area (Å²) in [6.45, 7) is 3.27. The van der Waals surface area contributed by atoms with Gasteiger partial charge in [-0.3, -0.25) is 10.1 Å². The molecule has 0 aliphatic heterocycles. The minimum absolute atomic E-state index is 0.178. The van der Waals surface area contributed by atoms with E-state index in [9.17, 15) is 10.1 Å². The largest absolute Gasteiger partial charge is 0.384 e. The lowest BCUT2D eigenvalue weighted by atomic mass is 10.2. The second-order valence-corrected chi connectivity index (χ2v) is 2.18. The Bertz CT molecular complexity index is 318. The summed E-state index contributed by atoms with van der Waals surface area (Å²) in [4.78, 5) is 13.4. The lowest BCUT2D eigenvalue weighted by Gasteiger charge is -1.95. The molecule has 0 radical (unpaired) electrons. The van der Waals surface area contributed by atoms with Crippen molar-refractivity contribution in [3.05, 3.63) is 40.6 Å². The van der Waals surface area contributed by atoms with Crippen LogP contribution in [0.15, 0.2) is 24.9 Å². The standard InChI is InChI=1S/C7H7N3O2/c1-5(10(11)12)6-2-3-7(8)9-4-6/h2-4H,1H2,(H2,8,9). The molecule has 0 bridgehead atoms. The van der Waals surface area contributed by atoms with Crippen molar-refractivity contribution >= 4 is 11.5 Å². The van der Waals surface area contributed by atoms with Crippen LogP contribution in [0.5, 0.6) is 0 Å². The molecule has 0 saturated carbocycles. The van der Waals surface area contributed by atoms with Gasteiger partial charge < -0.3 is 5.73 Å². The summed E-state index contributed by atoms with van der Waals surface area (Å²) in [5, 5.41) is 10.2. The van der Waals surface area contributed by atoms with Gasteiger partial charge in [0.1, 0.15) is 5.82 Å². The summed E-state index contributed by atoms with van der Waals surface area (Å²) < 4.78 is 0. The quantitative estimate of drug-likeness (QED) is 0.521. The van der Waals surface area contributed by atoms with E-state index in [-0.39, 0.29) is 5.70 Å². The van der Waals surface area contributed by atoms with Crippen molar-refractivity contribution in [1.82, 2.24) is 4.98 Å². The van der Waals surface area contributed by atoms with Gasteiger partial charge in [-0.2, -0.15) is 0 Å². The van der Waals surface area contributed by atoms with Crippen molar-refractivity contribution < 1.29 is 4.92 Å². The fourth-order valence-electron chi connectivity index (χ4n) is 0.681. The summed E-state index contributed by atoms with van der Waals surface area (Å²) in [6.07, 6.45) is 1.32. The highest BCUT2D eigenvalue weighted by Crippen LogP contribution is 2.11. The maximum absolute atomic E-state index is 10.2. The molecular formula is C7H7N3O2. The molecule has 5 nitrogen and oxygen atoms in total. The van der Waals surface area contributed by atoms with Crippen LogP contribution in [-0.2, 0) is 0 Å². The third kappa shape index (κ3) is 1.57. The third-order valence-corrected chi connectivity index (χ3v) is 1.34. The van der Waals surface area contributed by atoms with Crippen molar-refractivity contribution in [2.45, 2.75) is 0 Å². The zero-order valence-electron chi connectivity index (χ0n) is 6.23. The highest BCUT2D eigenvalue weighted by Gasteiger charge is 2.09. The summed E-state index contributed by atoms with van der Waals surface area (Å²) in [6, 6.07) is 3.00. The monoisotopic (exact) mass is 165 g/mol. The molecule has 0 unspecified atom stereocenters. The first kappa shape index (κ1) is 8.19. The summed E-state index contributed by atoms with van der Waals surface area (Å²) in [7, 11) is 0. The fraction of sp³-hybridized carbons (Fsp3) is 0. The molecule has 2 N–H and O–H groups in total. The van der Waals surface area contributed by atoms with Gasteiger partial charge in [0, 0.05) is 6.20 Å². The van der Waals surface area contributed by atoms with Crippen molar-refractivity contribution in [2.75, 3.05) is 5.73 Å². The Labute approximate surface area is 68.7 Å². The molecule has 1 aromatic heterocycles. The van der Waals surface area contributed by atoms with E-state index in [1.54, 1.807) is 0 Å². The van der Waals surface area contributed by atoms with Gasteiger partial charge in [0.2, 0.25) is 0 Å². The molecule has 0 aromatic carbocycles. The first-order chi connectivity index (χ1) is 5.61. The average Bonchev–Trinajstić information content (AvgIpc) is 2.04. The number of nitrogens with zero attached hydrogens (tertiary/aromatic N) is 2. The first-order valence-electron chi connectivity index (χ1n) is 3.16. The van der Waals surface area contributed by atoms with Crippen LogP contribution in [0.3, 0.4) is 0 Å². The minimum Gasteiger partial charge on any atom is -0.384 e. The second-order valence-electron chi connectivity index (χ2n) is 2.18. The van der Waals surface area contributed by atoms with Crippen LogP contribution >= 0.6 is 0 Å². The van der Waals surface area contributed by atoms with E-state index in [1.165, 1.54) is 18.3 Å². The Morgan fingerprint density at radius 1 is 1.67 bits per heavy atom. The highest BCUT2D eigenvalue weighted by atomic mass is 16.6. The summed E-state index contributed by atoms with van der Waals surface area (Å²) in [5.74, 6) is 0.329. The Kier molecular flexibility index (Phi) is 2.05. The molecule has 1 heterocycles. The average molecular weight is 165 g/mol. The van der Waals surface area contributed by atoms with Crippen molar-refractivity contribution in [2.24, 2.45) is 0 Å². The van der Waals surface area contributed by atoms with Crippen LogP contribution in [-0.4, -0.2) is 9.91 Å². The van der Waals surface area contributed by atoms with Crippen molar-refractivity contribution in [3.63, 3.8) is 0 Å². The van der Waals surface area contributed by atoms with Crippen molar-refractivity contribution in [3.8, 4) is 0 Å². The highest BCUT2D eigenvalue weighted by molar-refractivity contribution is 5.56. The van der Waals surface area contributed by atoms with Gasteiger partial charge in [-0.1, -0.05) is 0 Å². The number of hydrogen-bond donors (Lipinski definition) is 1. The molecular weight excluding hydrogens is 158 g/mol. The molecule has 0 spiro atoms. The van der Waals surface area contributed by atoms with E-state index < -0.39 is 4.92 Å². The molecule has 0 amide bonds. The predicted molar refractivity (Wildman–Crippen MR) is 44.7 cm³/mol. The van der Waals surface area contributed by atoms with Gasteiger partial charge in [-0.15, -0.1) is 0 Å². The Balaban J connectivity index is 2.98. The number of nitrogens with two attached hydrogens (primary N) is 1. The van der Waals surface area contributed by atoms with E-state index in [4.69, 9.17) is 5.73 Å². The topological polar surface area (TPSA) is 82.0 Å². The van der Waals surface area contributed by atoms with Gasteiger partial charge in [0.15, 0.2) is 0 Å². The molecule has 1 rings (SSSR count). The van der Waals surface area contributed by atoms with Crippen LogP contribution in [0.2, 0.25) is 0 Å². The Morgan fingerprint density at radius 3 is 2.75 bits per heavy atom. The number of nitrogen functional groups attached to an aromatic ring is 1. The second kappa shape index (κ2) is 3.00.